The maximum absolute atomic E-state index is 12.0. The van der Waals surface area contributed by atoms with Crippen LogP contribution < -0.4 is 5.32 Å². The minimum Gasteiger partial charge on any atom is -0.326 e. The van der Waals surface area contributed by atoms with Gasteiger partial charge in [-0.25, -0.2) is 0 Å². The van der Waals surface area contributed by atoms with Crippen LogP contribution in [0.3, 0.4) is 0 Å². The summed E-state index contributed by atoms with van der Waals surface area (Å²) in [5, 5.41) is 10.6. The lowest BCUT2D eigenvalue weighted by molar-refractivity contribution is -0.116. The van der Waals surface area contributed by atoms with E-state index in [1.165, 1.54) is 0 Å². The van der Waals surface area contributed by atoms with E-state index in [1.54, 1.807) is 0 Å². The highest BCUT2D eigenvalue weighted by Crippen LogP contribution is 2.23. The Bertz CT molecular complexity index is 615. The fourth-order valence-corrected chi connectivity index (χ4v) is 2.31. The van der Waals surface area contributed by atoms with E-state index in [1.807, 2.05) is 39.0 Å². The van der Waals surface area contributed by atoms with Crippen molar-refractivity contribution in [3.05, 3.63) is 45.7 Å². The highest BCUT2D eigenvalue weighted by atomic mass is 35.5. The van der Waals surface area contributed by atoms with Crippen molar-refractivity contribution in [3.63, 3.8) is 0 Å². The molecule has 0 aliphatic rings. The highest BCUT2D eigenvalue weighted by molar-refractivity contribution is 6.31. The average Bonchev–Trinajstić information content (AvgIpc) is 2.72. The largest absolute Gasteiger partial charge is 0.326 e. The summed E-state index contributed by atoms with van der Waals surface area (Å²) in [6, 6.07) is 5.49. The van der Waals surface area contributed by atoms with Crippen LogP contribution in [0.1, 0.15) is 28.9 Å². The zero-order valence-corrected chi connectivity index (χ0v) is 12.6. The van der Waals surface area contributed by atoms with Crippen molar-refractivity contribution in [2.45, 2.75) is 33.6 Å². The van der Waals surface area contributed by atoms with Crippen LogP contribution in [0.25, 0.3) is 0 Å². The van der Waals surface area contributed by atoms with Crippen LogP contribution in [0.5, 0.6) is 0 Å². The van der Waals surface area contributed by atoms with Gasteiger partial charge in [-0.2, -0.15) is 5.10 Å². The maximum atomic E-state index is 12.0. The number of nitrogens with one attached hydrogen (secondary N) is 2. The number of halogens is 1. The SMILES string of the molecule is Cc1n[nH]c(C)c1CCC(=O)Nc1cccc(Cl)c1C. The van der Waals surface area contributed by atoms with Crippen LogP contribution in [-0.2, 0) is 11.2 Å². The Hall–Kier alpha value is -1.81. The van der Waals surface area contributed by atoms with Crippen molar-refractivity contribution >= 4 is 23.2 Å². The lowest BCUT2D eigenvalue weighted by Crippen LogP contribution is -2.13. The molecule has 1 amide bonds. The minimum atomic E-state index is -0.0182. The average molecular weight is 292 g/mol. The second kappa shape index (κ2) is 6.09. The number of aromatic nitrogens is 2. The van der Waals surface area contributed by atoms with Gasteiger partial charge in [0.1, 0.15) is 0 Å². The summed E-state index contributed by atoms with van der Waals surface area (Å²) in [5.41, 5.74) is 4.74. The van der Waals surface area contributed by atoms with Gasteiger partial charge in [0.25, 0.3) is 0 Å². The molecule has 0 saturated carbocycles. The fourth-order valence-electron chi connectivity index (χ4n) is 2.14. The molecule has 20 heavy (non-hydrogen) atoms. The first-order valence-electron chi connectivity index (χ1n) is 6.54. The molecule has 1 aromatic heterocycles. The lowest BCUT2D eigenvalue weighted by Gasteiger charge is -2.09. The number of H-pyrrole nitrogens is 1. The number of aromatic amines is 1. The third kappa shape index (κ3) is 3.20. The zero-order valence-electron chi connectivity index (χ0n) is 11.9. The standard InChI is InChI=1S/C15H18ClN3O/c1-9-13(16)5-4-6-14(9)17-15(20)8-7-12-10(2)18-19-11(12)3/h4-6H,7-8H2,1-3H3,(H,17,20)(H,18,19). The molecule has 0 spiro atoms. The molecule has 106 valence electrons. The Morgan fingerprint density at radius 2 is 2.10 bits per heavy atom. The van der Waals surface area contributed by atoms with Crippen molar-refractivity contribution in [2.75, 3.05) is 5.32 Å². The van der Waals surface area contributed by atoms with Gasteiger partial charge in [-0.1, -0.05) is 17.7 Å². The maximum Gasteiger partial charge on any atom is 0.224 e. The van der Waals surface area contributed by atoms with Gasteiger partial charge in [-0.3, -0.25) is 9.89 Å². The molecule has 1 heterocycles. The van der Waals surface area contributed by atoms with Crippen molar-refractivity contribution in [1.29, 1.82) is 0 Å². The molecule has 2 N–H and O–H groups in total. The predicted octanol–water partition coefficient (Wildman–Crippen LogP) is 3.56. The van der Waals surface area contributed by atoms with E-state index in [2.05, 4.69) is 15.5 Å². The number of rotatable bonds is 4. The van der Waals surface area contributed by atoms with Gasteiger partial charge in [0.15, 0.2) is 0 Å². The van der Waals surface area contributed by atoms with Crippen LogP contribution in [0, 0.1) is 20.8 Å². The predicted molar refractivity (Wildman–Crippen MR) is 81.2 cm³/mol. The molecule has 4 nitrogen and oxygen atoms in total. The van der Waals surface area contributed by atoms with E-state index < -0.39 is 0 Å². The first-order chi connectivity index (χ1) is 9.49. The third-order valence-electron chi connectivity index (χ3n) is 3.42. The molecule has 1 aromatic carbocycles. The second-order valence-electron chi connectivity index (χ2n) is 4.87. The third-order valence-corrected chi connectivity index (χ3v) is 3.83. The summed E-state index contributed by atoms with van der Waals surface area (Å²) in [6.07, 6.45) is 1.10. The quantitative estimate of drug-likeness (QED) is 0.905. The molecule has 0 saturated heterocycles. The highest BCUT2D eigenvalue weighted by Gasteiger charge is 2.10. The van der Waals surface area contributed by atoms with Gasteiger partial charge >= 0.3 is 0 Å². The second-order valence-corrected chi connectivity index (χ2v) is 5.28. The van der Waals surface area contributed by atoms with Crippen molar-refractivity contribution < 1.29 is 4.79 Å². The first kappa shape index (κ1) is 14.6. The Balaban J connectivity index is 1.98. The summed E-state index contributed by atoms with van der Waals surface area (Å²) in [4.78, 5) is 12.0. The molecule has 0 atom stereocenters. The topological polar surface area (TPSA) is 57.8 Å². The molecule has 0 bridgehead atoms. The molecular weight excluding hydrogens is 274 g/mol. The Morgan fingerprint density at radius 1 is 1.35 bits per heavy atom. The number of nitrogens with zero attached hydrogens (tertiary/aromatic N) is 1. The summed E-state index contributed by atoms with van der Waals surface area (Å²) in [5.74, 6) is -0.0182. The van der Waals surface area contributed by atoms with Crippen LogP contribution in [0.15, 0.2) is 18.2 Å². The molecule has 0 aliphatic heterocycles. The number of amides is 1. The van der Waals surface area contributed by atoms with Crippen LogP contribution in [-0.4, -0.2) is 16.1 Å². The van der Waals surface area contributed by atoms with Crippen LogP contribution >= 0.6 is 11.6 Å². The van der Waals surface area contributed by atoms with Gasteiger partial charge < -0.3 is 5.32 Å². The Labute approximate surface area is 123 Å². The number of hydrogen-bond acceptors (Lipinski definition) is 2. The molecule has 2 aromatic rings. The normalized spacial score (nSPS) is 10.6. The number of aryl methyl sites for hydroxylation is 2. The summed E-state index contributed by atoms with van der Waals surface area (Å²) < 4.78 is 0. The van der Waals surface area contributed by atoms with Crippen molar-refractivity contribution in [2.24, 2.45) is 0 Å². The van der Waals surface area contributed by atoms with Gasteiger partial charge in [-0.15, -0.1) is 0 Å². The molecule has 0 radical (unpaired) electrons. The van der Waals surface area contributed by atoms with Gasteiger partial charge in [0.2, 0.25) is 5.91 Å². The number of carbonyl (C=O) groups is 1. The van der Waals surface area contributed by atoms with E-state index in [4.69, 9.17) is 11.6 Å². The van der Waals surface area contributed by atoms with Gasteiger partial charge in [0.05, 0.1) is 5.69 Å². The molecule has 0 aliphatic carbocycles. The van der Waals surface area contributed by atoms with Crippen LogP contribution in [0.4, 0.5) is 5.69 Å². The number of benzene rings is 1. The zero-order chi connectivity index (χ0) is 14.7. The summed E-state index contributed by atoms with van der Waals surface area (Å²) in [7, 11) is 0. The van der Waals surface area contributed by atoms with Crippen molar-refractivity contribution in [3.8, 4) is 0 Å². The van der Waals surface area contributed by atoms with Gasteiger partial charge in [-0.05, 0) is 50.5 Å². The van der Waals surface area contributed by atoms with E-state index in [0.717, 1.165) is 28.2 Å². The fraction of sp³-hybridized carbons (Fsp3) is 0.333. The van der Waals surface area contributed by atoms with E-state index >= 15 is 0 Å². The Morgan fingerprint density at radius 3 is 2.75 bits per heavy atom. The minimum absolute atomic E-state index is 0.0182. The Kier molecular flexibility index (Phi) is 4.45. The van der Waals surface area contributed by atoms with Gasteiger partial charge in [0, 0.05) is 22.8 Å². The number of anilines is 1. The number of carbonyl (C=O) groups excluding carboxylic acids is 1. The smallest absolute Gasteiger partial charge is 0.224 e. The molecular formula is C15H18ClN3O. The summed E-state index contributed by atoms with van der Waals surface area (Å²) in [6.45, 7) is 5.80. The van der Waals surface area contributed by atoms with E-state index in [9.17, 15) is 4.79 Å². The van der Waals surface area contributed by atoms with Crippen molar-refractivity contribution in [1.82, 2.24) is 10.2 Å². The monoisotopic (exact) mass is 291 g/mol. The van der Waals surface area contributed by atoms with Crippen LogP contribution in [0.2, 0.25) is 5.02 Å². The lowest BCUT2D eigenvalue weighted by atomic mass is 10.1. The molecule has 5 heteroatoms. The number of hydrogen-bond donors (Lipinski definition) is 2. The van der Waals surface area contributed by atoms with E-state index in [-0.39, 0.29) is 5.91 Å². The molecule has 0 fully saturated rings. The summed E-state index contributed by atoms with van der Waals surface area (Å²) >= 11 is 6.03. The van der Waals surface area contributed by atoms with E-state index in [0.29, 0.717) is 17.9 Å². The molecule has 0 unspecified atom stereocenters. The first-order valence-corrected chi connectivity index (χ1v) is 6.92. The molecule has 2 rings (SSSR count).